The molecule has 0 aliphatic rings. The van der Waals surface area contributed by atoms with Gasteiger partial charge in [0.1, 0.15) is 18.1 Å². The number of nitrogens with zero attached hydrogens (tertiary/aromatic N) is 1. The molecule has 0 saturated heterocycles. The number of hydrogen-bond donors (Lipinski definition) is 2. The van der Waals surface area contributed by atoms with Gasteiger partial charge in [0.15, 0.2) is 6.10 Å². The number of aromatic nitrogens is 1. The maximum absolute atomic E-state index is 12.7. The number of benzene rings is 3. The smallest absolute Gasteiger partial charge is 0.416 e. The summed E-state index contributed by atoms with van der Waals surface area (Å²) in [5.41, 5.74) is 2.02. The van der Waals surface area contributed by atoms with Crippen LogP contribution in [0.5, 0.6) is 11.5 Å². The zero-order chi connectivity index (χ0) is 28.5. The number of pyridine rings is 1. The third kappa shape index (κ3) is 7.83. The molecule has 1 atom stereocenters. The third-order valence-electron chi connectivity index (χ3n) is 5.84. The molecule has 0 radical (unpaired) electrons. The van der Waals surface area contributed by atoms with E-state index in [4.69, 9.17) is 9.47 Å². The Morgan fingerprint density at radius 2 is 1.55 bits per heavy atom. The van der Waals surface area contributed by atoms with Crippen molar-refractivity contribution in [2.75, 3.05) is 13.2 Å². The number of carboxylic acid groups (broad SMARTS) is 1. The van der Waals surface area contributed by atoms with E-state index in [2.05, 4.69) is 10.3 Å². The van der Waals surface area contributed by atoms with E-state index < -0.39 is 23.8 Å². The van der Waals surface area contributed by atoms with Crippen LogP contribution in [0.25, 0.3) is 11.3 Å². The number of carboxylic acids is 1. The molecule has 1 unspecified atom stereocenters. The third-order valence-corrected chi connectivity index (χ3v) is 5.84. The first-order chi connectivity index (χ1) is 19.2. The molecule has 0 saturated carbocycles. The fourth-order valence-corrected chi connectivity index (χ4v) is 3.76. The number of halogens is 3. The van der Waals surface area contributed by atoms with Crippen LogP contribution in [-0.2, 0) is 17.4 Å². The van der Waals surface area contributed by atoms with E-state index in [0.29, 0.717) is 16.9 Å². The summed E-state index contributed by atoms with van der Waals surface area (Å²) < 4.78 is 49.2. The molecule has 4 rings (SSSR count). The fourth-order valence-electron chi connectivity index (χ4n) is 3.76. The molecule has 0 aliphatic carbocycles. The largest absolute Gasteiger partial charge is 0.492 e. The monoisotopic (exact) mass is 550 g/mol. The summed E-state index contributed by atoms with van der Waals surface area (Å²) in [5, 5.41) is 12.3. The van der Waals surface area contributed by atoms with Crippen LogP contribution in [0.15, 0.2) is 97.2 Å². The standard InChI is InChI=1S/C30H25F3N2O5/c31-30(32,33)23-10-14-25(15-11-23)40-27(29(37)38)19-20-4-12-24(13-5-20)39-18-17-35-28(36)22-8-6-21(7-9-22)26-3-1-2-16-34-26/h1-16,27H,17-19H2,(H,35,36)(H,37,38). The summed E-state index contributed by atoms with van der Waals surface area (Å²) in [4.78, 5) is 28.3. The second-order valence-corrected chi connectivity index (χ2v) is 8.71. The molecule has 7 nitrogen and oxygen atoms in total. The highest BCUT2D eigenvalue weighted by Gasteiger charge is 2.30. The number of ether oxygens (including phenoxy) is 2. The summed E-state index contributed by atoms with van der Waals surface area (Å²) >= 11 is 0. The maximum atomic E-state index is 12.7. The van der Waals surface area contributed by atoms with E-state index in [9.17, 15) is 27.9 Å². The molecule has 1 aromatic heterocycles. The van der Waals surface area contributed by atoms with Gasteiger partial charge in [-0.15, -0.1) is 0 Å². The second kappa shape index (κ2) is 12.8. The lowest BCUT2D eigenvalue weighted by Gasteiger charge is -2.16. The van der Waals surface area contributed by atoms with E-state index >= 15 is 0 Å². The van der Waals surface area contributed by atoms with Gasteiger partial charge in [-0.25, -0.2) is 4.79 Å². The van der Waals surface area contributed by atoms with Gasteiger partial charge in [-0.1, -0.05) is 30.3 Å². The molecule has 0 aliphatic heterocycles. The second-order valence-electron chi connectivity index (χ2n) is 8.71. The van der Waals surface area contributed by atoms with Crippen molar-refractivity contribution in [3.05, 3.63) is 114 Å². The van der Waals surface area contributed by atoms with Crippen LogP contribution in [-0.4, -0.2) is 41.2 Å². The first kappa shape index (κ1) is 28.2. The van der Waals surface area contributed by atoms with Crippen LogP contribution in [0.2, 0.25) is 0 Å². The van der Waals surface area contributed by atoms with Gasteiger partial charge in [-0.2, -0.15) is 13.2 Å². The molecule has 0 bridgehead atoms. The molecule has 206 valence electrons. The van der Waals surface area contributed by atoms with Crippen LogP contribution >= 0.6 is 0 Å². The quantitative estimate of drug-likeness (QED) is 0.234. The zero-order valence-corrected chi connectivity index (χ0v) is 21.1. The minimum atomic E-state index is -4.49. The maximum Gasteiger partial charge on any atom is 0.416 e. The van der Waals surface area contributed by atoms with Crippen molar-refractivity contribution in [2.45, 2.75) is 18.7 Å². The topological polar surface area (TPSA) is 97.8 Å². The van der Waals surface area contributed by atoms with E-state index in [1.165, 1.54) is 0 Å². The van der Waals surface area contributed by atoms with Crippen LogP contribution in [0.4, 0.5) is 13.2 Å². The van der Waals surface area contributed by atoms with Gasteiger partial charge in [0.25, 0.3) is 5.91 Å². The summed E-state index contributed by atoms with van der Waals surface area (Å²) in [6, 6.07) is 23.2. The molecule has 3 aromatic carbocycles. The Morgan fingerprint density at radius 3 is 2.15 bits per heavy atom. The molecule has 0 spiro atoms. The highest BCUT2D eigenvalue weighted by molar-refractivity contribution is 5.94. The van der Waals surface area contributed by atoms with Gasteiger partial charge >= 0.3 is 12.1 Å². The van der Waals surface area contributed by atoms with Crippen LogP contribution < -0.4 is 14.8 Å². The fraction of sp³-hybridized carbons (Fsp3) is 0.167. The van der Waals surface area contributed by atoms with Gasteiger partial charge in [0.05, 0.1) is 17.8 Å². The predicted octanol–water partition coefficient (Wildman–Crippen LogP) is 5.65. The number of carbonyl (C=O) groups is 2. The number of amides is 1. The van der Waals surface area contributed by atoms with Crippen molar-refractivity contribution in [1.29, 1.82) is 0 Å². The van der Waals surface area contributed by atoms with Crippen LogP contribution in [0.3, 0.4) is 0 Å². The average Bonchev–Trinajstić information content (AvgIpc) is 2.96. The lowest BCUT2D eigenvalue weighted by molar-refractivity contribution is -0.145. The Morgan fingerprint density at radius 1 is 0.875 bits per heavy atom. The summed E-state index contributed by atoms with van der Waals surface area (Å²) in [6.45, 7) is 0.483. The van der Waals surface area contributed by atoms with Crippen LogP contribution in [0, 0.1) is 0 Å². The Kier molecular flexibility index (Phi) is 9.00. The molecule has 4 aromatic rings. The lowest BCUT2D eigenvalue weighted by Crippen LogP contribution is -2.29. The normalized spacial score (nSPS) is 11.9. The van der Waals surface area contributed by atoms with Crippen LogP contribution in [0.1, 0.15) is 21.5 Å². The molecule has 40 heavy (non-hydrogen) atoms. The van der Waals surface area contributed by atoms with Crippen molar-refractivity contribution in [3.63, 3.8) is 0 Å². The minimum absolute atomic E-state index is 0.00812. The Balaban J connectivity index is 1.23. The Hall–Kier alpha value is -4.86. The van der Waals surface area contributed by atoms with E-state index in [1.54, 1.807) is 42.6 Å². The SMILES string of the molecule is O=C(NCCOc1ccc(CC(Oc2ccc(C(F)(F)F)cc2)C(=O)O)cc1)c1ccc(-c2ccccn2)cc1. The lowest BCUT2D eigenvalue weighted by atomic mass is 10.1. The van der Waals surface area contributed by atoms with Crippen molar-refractivity contribution in [2.24, 2.45) is 0 Å². The van der Waals surface area contributed by atoms with Gasteiger partial charge in [-0.05, 0) is 66.2 Å². The van der Waals surface area contributed by atoms with Crippen molar-refractivity contribution in [1.82, 2.24) is 10.3 Å². The van der Waals surface area contributed by atoms with Gasteiger partial charge in [-0.3, -0.25) is 9.78 Å². The summed E-state index contributed by atoms with van der Waals surface area (Å²) in [7, 11) is 0. The van der Waals surface area contributed by atoms with Gasteiger partial charge in [0, 0.05) is 23.7 Å². The van der Waals surface area contributed by atoms with Gasteiger partial charge < -0.3 is 19.9 Å². The molecule has 1 heterocycles. The predicted molar refractivity (Wildman–Crippen MR) is 141 cm³/mol. The van der Waals surface area contributed by atoms with E-state index in [1.807, 2.05) is 30.3 Å². The number of carbonyl (C=O) groups excluding carboxylic acids is 1. The van der Waals surface area contributed by atoms with Crippen molar-refractivity contribution in [3.8, 4) is 22.8 Å². The first-order valence-electron chi connectivity index (χ1n) is 12.3. The number of hydrogen-bond acceptors (Lipinski definition) is 5. The molecule has 2 N–H and O–H groups in total. The zero-order valence-electron chi connectivity index (χ0n) is 21.1. The van der Waals surface area contributed by atoms with E-state index in [-0.39, 0.29) is 31.2 Å². The number of alkyl halides is 3. The summed E-state index contributed by atoms with van der Waals surface area (Å²) in [6.07, 6.45) is -4.09. The van der Waals surface area contributed by atoms with E-state index in [0.717, 1.165) is 35.5 Å². The molecule has 10 heteroatoms. The highest BCUT2D eigenvalue weighted by Crippen LogP contribution is 2.30. The number of nitrogens with one attached hydrogen (secondary N) is 1. The highest BCUT2D eigenvalue weighted by atomic mass is 19.4. The first-order valence-corrected chi connectivity index (χ1v) is 12.3. The summed E-state index contributed by atoms with van der Waals surface area (Å²) in [5.74, 6) is -0.943. The number of rotatable bonds is 11. The Bertz CT molecular complexity index is 1410. The van der Waals surface area contributed by atoms with Crippen molar-refractivity contribution >= 4 is 11.9 Å². The van der Waals surface area contributed by atoms with Gasteiger partial charge in [0.2, 0.25) is 0 Å². The molecular weight excluding hydrogens is 525 g/mol. The van der Waals surface area contributed by atoms with Crippen molar-refractivity contribution < 1.29 is 37.3 Å². The molecular formula is C30H25F3N2O5. The Labute approximate surface area is 228 Å². The number of aliphatic carboxylic acids is 1. The average molecular weight is 551 g/mol. The molecule has 0 fully saturated rings. The minimum Gasteiger partial charge on any atom is -0.492 e. The molecule has 1 amide bonds.